The average molecular weight is 916 g/mol. The van der Waals surface area contributed by atoms with Crippen LogP contribution in [0.2, 0.25) is 10.0 Å². The number of ether oxygens (including phenoxy) is 4. The number of nitrogens with one attached hydrogen (secondary N) is 2. The van der Waals surface area contributed by atoms with E-state index in [1.54, 1.807) is 48.7 Å². The van der Waals surface area contributed by atoms with Crippen LogP contribution >= 0.6 is 23.2 Å². The number of carboxylic acids is 1. The van der Waals surface area contributed by atoms with Gasteiger partial charge in [-0.3, -0.25) is 9.78 Å². The van der Waals surface area contributed by atoms with E-state index >= 15 is 0 Å². The smallest absolute Gasteiger partial charge is 0.326 e. The number of carboxylic acid groups (broad SMARTS) is 1. The standard InChI is InChI=1S/C51H48Cl2N4O8/c1-30-31(2)54-21-20-44(30)64-39-15-10-32(11-16-39)23-42(49(59)60)55-48(58)43-24-35-25-45-46(26-36(35)27-57(43)50(61)56-51(3,4)37-8-6-5-7-9-37)65-47(29-63-45)34-13-17-38(18-14-34)62-28-33-12-19-40(52)41(53)22-33/h5-22,25-26,42-43,47H,23-24,27-29H2,1-4H3,(H,55,58)(H,56,61)(H,59,60)/t42-,43-,47+/m0/s1. The lowest BCUT2D eigenvalue weighted by atomic mass is 9.91. The van der Waals surface area contributed by atoms with Crippen LogP contribution in [0.5, 0.6) is 28.7 Å². The normalized spacial score (nSPS) is 15.9. The molecule has 0 bridgehead atoms. The van der Waals surface area contributed by atoms with Crippen molar-refractivity contribution in [1.82, 2.24) is 20.5 Å². The summed E-state index contributed by atoms with van der Waals surface area (Å²) in [6.45, 7) is 8.21. The number of amides is 3. The van der Waals surface area contributed by atoms with Gasteiger partial charge in [0, 0.05) is 36.8 Å². The Morgan fingerprint density at radius 3 is 2.29 bits per heavy atom. The van der Waals surface area contributed by atoms with Gasteiger partial charge in [-0.05, 0) is 116 Å². The zero-order valence-corrected chi connectivity index (χ0v) is 37.8. The number of aryl methyl sites for hydroxylation is 1. The van der Waals surface area contributed by atoms with Crippen LogP contribution in [0.25, 0.3) is 0 Å². The molecule has 1 aromatic heterocycles. The molecular weight excluding hydrogens is 867 g/mol. The molecule has 8 rings (SSSR count). The van der Waals surface area contributed by atoms with Gasteiger partial charge in [-0.25, -0.2) is 9.59 Å². The van der Waals surface area contributed by atoms with Crippen LogP contribution in [-0.4, -0.2) is 51.6 Å². The Labute approximate surface area is 387 Å². The molecule has 65 heavy (non-hydrogen) atoms. The number of carbonyl (C=O) groups excluding carboxylic acids is 2. The number of aliphatic carboxylic acids is 1. The number of nitrogens with zero attached hydrogens (tertiary/aromatic N) is 2. The minimum absolute atomic E-state index is 0.000374. The van der Waals surface area contributed by atoms with E-state index in [2.05, 4.69) is 15.6 Å². The second-order valence-electron chi connectivity index (χ2n) is 16.7. The highest BCUT2D eigenvalue weighted by Crippen LogP contribution is 2.41. The maximum Gasteiger partial charge on any atom is 0.326 e. The number of rotatable bonds is 13. The van der Waals surface area contributed by atoms with Crippen molar-refractivity contribution < 1.29 is 38.4 Å². The first-order chi connectivity index (χ1) is 31.2. The number of hydrogen-bond acceptors (Lipinski definition) is 8. The molecule has 3 amide bonds. The van der Waals surface area contributed by atoms with Crippen LogP contribution in [0.3, 0.4) is 0 Å². The highest BCUT2D eigenvalue weighted by atomic mass is 35.5. The first kappa shape index (κ1) is 44.8. The molecule has 334 valence electrons. The van der Waals surface area contributed by atoms with E-state index in [0.717, 1.165) is 39.1 Å². The number of fused-ring (bicyclic) bond motifs is 2. The molecule has 14 heteroatoms. The lowest BCUT2D eigenvalue weighted by Crippen LogP contribution is -2.59. The predicted octanol–water partition coefficient (Wildman–Crippen LogP) is 10.1. The van der Waals surface area contributed by atoms with Gasteiger partial charge in [-0.15, -0.1) is 0 Å². The maximum atomic E-state index is 14.4. The third-order valence-electron chi connectivity index (χ3n) is 11.8. The Kier molecular flexibility index (Phi) is 13.2. The van der Waals surface area contributed by atoms with E-state index in [1.807, 2.05) is 100 Å². The number of halogens is 2. The molecule has 0 saturated heterocycles. The van der Waals surface area contributed by atoms with Crippen LogP contribution in [0.1, 0.15) is 64.6 Å². The summed E-state index contributed by atoms with van der Waals surface area (Å²) in [4.78, 5) is 47.1. The Morgan fingerprint density at radius 1 is 0.862 bits per heavy atom. The van der Waals surface area contributed by atoms with Crippen molar-refractivity contribution in [2.75, 3.05) is 6.61 Å². The van der Waals surface area contributed by atoms with Gasteiger partial charge in [0.05, 0.1) is 15.6 Å². The van der Waals surface area contributed by atoms with Gasteiger partial charge in [0.15, 0.2) is 17.6 Å². The fourth-order valence-corrected chi connectivity index (χ4v) is 8.18. The van der Waals surface area contributed by atoms with E-state index in [9.17, 15) is 19.5 Å². The molecule has 3 heterocycles. The molecule has 0 saturated carbocycles. The Hall–Kier alpha value is -6.76. The maximum absolute atomic E-state index is 14.4. The number of hydrogen-bond donors (Lipinski definition) is 3. The van der Waals surface area contributed by atoms with Gasteiger partial charge in [0.2, 0.25) is 5.91 Å². The molecule has 0 spiro atoms. The van der Waals surface area contributed by atoms with Crippen molar-refractivity contribution >= 4 is 41.1 Å². The average Bonchev–Trinajstić information content (AvgIpc) is 3.30. The van der Waals surface area contributed by atoms with Crippen molar-refractivity contribution in [3.63, 3.8) is 0 Å². The summed E-state index contributed by atoms with van der Waals surface area (Å²) in [5, 5.41) is 17.2. The molecule has 0 radical (unpaired) electrons. The summed E-state index contributed by atoms with van der Waals surface area (Å²) in [6, 6.07) is 32.2. The van der Waals surface area contributed by atoms with Gasteiger partial charge in [0.1, 0.15) is 42.5 Å². The molecule has 0 aliphatic carbocycles. The van der Waals surface area contributed by atoms with Gasteiger partial charge >= 0.3 is 12.0 Å². The second kappa shape index (κ2) is 19.1. The summed E-state index contributed by atoms with van der Waals surface area (Å²) in [5.74, 6) is 1.11. The van der Waals surface area contributed by atoms with E-state index in [1.165, 1.54) is 4.90 Å². The predicted molar refractivity (Wildman–Crippen MR) is 247 cm³/mol. The molecule has 5 aromatic carbocycles. The quantitative estimate of drug-likeness (QED) is 0.103. The zero-order chi connectivity index (χ0) is 45.8. The first-order valence-electron chi connectivity index (χ1n) is 21.2. The molecule has 2 aliphatic heterocycles. The zero-order valence-electron chi connectivity index (χ0n) is 36.3. The van der Waals surface area contributed by atoms with E-state index in [4.69, 9.17) is 42.1 Å². The number of carbonyl (C=O) groups is 3. The van der Waals surface area contributed by atoms with Crippen molar-refractivity contribution in [1.29, 1.82) is 0 Å². The molecule has 0 fully saturated rings. The second-order valence-corrected chi connectivity index (χ2v) is 17.5. The summed E-state index contributed by atoms with van der Waals surface area (Å²) in [7, 11) is 0. The minimum Gasteiger partial charge on any atom is -0.489 e. The Morgan fingerprint density at radius 2 is 1.57 bits per heavy atom. The SMILES string of the molecule is Cc1nccc(Oc2ccc(C[C@H](NC(=O)[C@@H]3Cc4cc5c(cc4CN3C(=O)NC(C)(C)c3ccccc3)O[C@@H](c3ccc(OCc4ccc(Cl)c(Cl)c4)cc3)CO5)C(=O)O)cc2)c1C. The van der Waals surface area contributed by atoms with Crippen LogP contribution in [0.15, 0.2) is 121 Å². The number of benzene rings is 5. The highest BCUT2D eigenvalue weighted by Gasteiger charge is 2.39. The van der Waals surface area contributed by atoms with E-state index in [-0.39, 0.29) is 26.0 Å². The van der Waals surface area contributed by atoms with Crippen LogP contribution < -0.4 is 29.6 Å². The van der Waals surface area contributed by atoms with Crippen molar-refractivity contribution in [3.8, 4) is 28.7 Å². The Balaban J connectivity index is 0.986. The van der Waals surface area contributed by atoms with Crippen molar-refractivity contribution in [2.45, 2.75) is 77.4 Å². The summed E-state index contributed by atoms with van der Waals surface area (Å²) in [5.41, 5.74) is 5.82. The summed E-state index contributed by atoms with van der Waals surface area (Å²) >= 11 is 12.2. The third-order valence-corrected chi connectivity index (χ3v) is 12.5. The number of aromatic nitrogens is 1. The third kappa shape index (κ3) is 10.5. The fraction of sp³-hybridized carbons (Fsp3) is 0.255. The lowest BCUT2D eigenvalue weighted by molar-refractivity contribution is -0.142. The van der Waals surface area contributed by atoms with Crippen LogP contribution in [0.4, 0.5) is 4.79 Å². The van der Waals surface area contributed by atoms with Gasteiger partial charge < -0.3 is 39.6 Å². The monoisotopic (exact) mass is 914 g/mol. The van der Waals surface area contributed by atoms with E-state index < -0.39 is 41.6 Å². The van der Waals surface area contributed by atoms with Crippen LogP contribution in [0, 0.1) is 13.8 Å². The summed E-state index contributed by atoms with van der Waals surface area (Å²) in [6.07, 6.45) is 1.36. The fourth-order valence-electron chi connectivity index (χ4n) is 7.86. The highest BCUT2D eigenvalue weighted by molar-refractivity contribution is 6.42. The van der Waals surface area contributed by atoms with Gasteiger partial charge in [-0.2, -0.15) is 0 Å². The lowest BCUT2D eigenvalue weighted by Gasteiger charge is -2.39. The molecule has 3 N–H and O–H groups in total. The molecule has 6 aromatic rings. The number of pyridine rings is 1. The Bertz CT molecular complexity index is 2710. The molecule has 12 nitrogen and oxygen atoms in total. The minimum atomic E-state index is -1.29. The molecule has 2 aliphatic rings. The molecular formula is C51H48Cl2N4O8. The molecule has 0 unspecified atom stereocenters. The van der Waals surface area contributed by atoms with Crippen molar-refractivity contribution in [3.05, 3.63) is 176 Å². The largest absolute Gasteiger partial charge is 0.489 e. The van der Waals surface area contributed by atoms with Crippen molar-refractivity contribution in [2.24, 2.45) is 0 Å². The molecule has 3 atom stereocenters. The first-order valence-corrected chi connectivity index (χ1v) is 21.9. The van der Waals surface area contributed by atoms with Gasteiger partial charge in [0.25, 0.3) is 0 Å². The topological polar surface area (TPSA) is 149 Å². The number of urea groups is 1. The van der Waals surface area contributed by atoms with Gasteiger partial charge in [-0.1, -0.05) is 83.9 Å². The van der Waals surface area contributed by atoms with E-state index in [0.29, 0.717) is 51.0 Å². The summed E-state index contributed by atoms with van der Waals surface area (Å²) < 4.78 is 24.8. The van der Waals surface area contributed by atoms with Crippen LogP contribution in [-0.2, 0) is 41.1 Å².